The van der Waals surface area contributed by atoms with Gasteiger partial charge in [0.25, 0.3) is 0 Å². The maximum atomic E-state index is 5.66. The van der Waals surface area contributed by atoms with Gasteiger partial charge >= 0.3 is 0 Å². The van der Waals surface area contributed by atoms with E-state index in [9.17, 15) is 0 Å². The van der Waals surface area contributed by atoms with Crippen molar-refractivity contribution in [3.63, 3.8) is 0 Å². The molecule has 18 heavy (non-hydrogen) atoms. The number of ether oxygens (including phenoxy) is 1. The van der Waals surface area contributed by atoms with Gasteiger partial charge in [0, 0.05) is 37.3 Å². The topological polar surface area (TPSA) is 47.0 Å². The molecular weight excluding hydrogens is 226 g/mol. The predicted molar refractivity (Wildman–Crippen MR) is 69.4 cm³/mol. The summed E-state index contributed by atoms with van der Waals surface area (Å²) in [5, 5.41) is 3.19. The van der Waals surface area contributed by atoms with Gasteiger partial charge in [0.05, 0.1) is 11.8 Å². The molecule has 1 atom stereocenters. The molecular formula is C14H21N3O. The molecule has 1 aliphatic carbocycles. The molecule has 1 saturated carbocycles. The summed E-state index contributed by atoms with van der Waals surface area (Å²) in [5.41, 5.74) is 2.53. The fourth-order valence-electron chi connectivity index (χ4n) is 2.60. The minimum atomic E-state index is 0.340. The Kier molecular flexibility index (Phi) is 3.57. The van der Waals surface area contributed by atoms with Crippen LogP contribution in [0.25, 0.3) is 0 Å². The zero-order valence-electron chi connectivity index (χ0n) is 11.0. The summed E-state index contributed by atoms with van der Waals surface area (Å²) in [7, 11) is 1.97. The molecule has 0 radical (unpaired) electrons. The average Bonchev–Trinajstić information content (AvgIpc) is 3.10. The third kappa shape index (κ3) is 2.70. The third-order valence-electron chi connectivity index (χ3n) is 3.71. The fraction of sp³-hybridized carbons (Fsp3) is 0.714. The number of nitrogens with zero attached hydrogens (tertiary/aromatic N) is 2. The van der Waals surface area contributed by atoms with Gasteiger partial charge in [0.2, 0.25) is 0 Å². The van der Waals surface area contributed by atoms with E-state index in [2.05, 4.69) is 10.3 Å². The van der Waals surface area contributed by atoms with Crippen molar-refractivity contribution < 1.29 is 4.74 Å². The third-order valence-corrected chi connectivity index (χ3v) is 3.71. The second-order valence-electron chi connectivity index (χ2n) is 5.34. The first-order valence-electron chi connectivity index (χ1n) is 6.97. The summed E-state index contributed by atoms with van der Waals surface area (Å²) in [5.74, 6) is 1.64. The van der Waals surface area contributed by atoms with Crippen molar-refractivity contribution in [1.29, 1.82) is 0 Å². The summed E-state index contributed by atoms with van der Waals surface area (Å²) in [4.78, 5) is 9.29. The van der Waals surface area contributed by atoms with E-state index >= 15 is 0 Å². The van der Waals surface area contributed by atoms with Crippen molar-refractivity contribution >= 4 is 0 Å². The molecule has 4 heteroatoms. The van der Waals surface area contributed by atoms with Gasteiger partial charge in [0.15, 0.2) is 0 Å². The standard InChI is InChI=1S/C14H21N3O/c1-15-8-11-9-16-13(7-12-3-2-6-18-12)17-14(11)10-4-5-10/h9-10,12,15H,2-8H2,1H3. The molecule has 0 amide bonds. The van der Waals surface area contributed by atoms with Crippen molar-refractivity contribution in [1.82, 2.24) is 15.3 Å². The Bertz CT molecular complexity index is 412. The molecule has 2 aliphatic rings. The summed E-state index contributed by atoms with van der Waals surface area (Å²) >= 11 is 0. The van der Waals surface area contributed by atoms with Gasteiger partial charge < -0.3 is 10.1 Å². The molecule has 2 heterocycles. The summed E-state index contributed by atoms with van der Waals surface area (Å²) in [6, 6.07) is 0. The van der Waals surface area contributed by atoms with Crippen LogP contribution in [0.1, 0.15) is 48.7 Å². The normalized spacial score (nSPS) is 23.5. The van der Waals surface area contributed by atoms with Crippen molar-refractivity contribution in [3.8, 4) is 0 Å². The van der Waals surface area contributed by atoms with Crippen LogP contribution in [0.15, 0.2) is 6.20 Å². The first kappa shape index (κ1) is 12.1. The van der Waals surface area contributed by atoms with Crippen molar-refractivity contribution in [2.24, 2.45) is 0 Å². The SMILES string of the molecule is CNCc1cnc(CC2CCCO2)nc1C1CC1. The van der Waals surface area contributed by atoms with E-state index in [0.29, 0.717) is 12.0 Å². The van der Waals surface area contributed by atoms with Gasteiger partial charge in [-0.3, -0.25) is 0 Å². The van der Waals surface area contributed by atoms with E-state index in [1.807, 2.05) is 13.2 Å². The number of hydrogen-bond acceptors (Lipinski definition) is 4. The van der Waals surface area contributed by atoms with Crippen LogP contribution in [-0.4, -0.2) is 29.7 Å². The van der Waals surface area contributed by atoms with E-state index in [1.165, 1.54) is 30.5 Å². The van der Waals surface area contributed by atoms with Crippen molar-refractivity contribution in [3.05, 3.63) is 23.3 Å². The molecule has 4 nitrogen and oxygen atoms in total. The van der Waals surface area contributed by atoms with E-state index in [0.717, 1.165) is 31.8 Å². The van der Waals surface area contributed by atoms with Gasteiger partial charge in [-0.25, -0.2) is 9.97 Å². The largest absolute Gasteiger partial charge is 0.378 e. The highest BCUT2D eigenvalue weighted by Gasteiger charge is 2.28. The van der Waals surface area contributed by atoms with Gasteiger partial charge in [-0.15, -0.1) is 0 Å². The summed E-state index contributed by atoms with van der Waals surface area (Å²) in [6.45, 7) is 1.77. The van der Waals surface area contributed by atoms with Crippen molar-refractivity contribution in [2.45, 2.75) is 50.7 Å². The van der Waals surface area contributed by atoms with Gasteiger partial charge in [-0.05, 0) is 32.7 Å². The van der Waals surface area contributed by atoms with E-state index in [-0.39, 0.29) is 0 Å². The van der Waals surface area contributed by atoms with E-state index in [1.54, 1.807) is 0 Å². The molecule has 2 fully saturated rings. The Labute approximate surface area is 108 Å². The van der Waals surface area contributed by atoms with Crippen LogP contribution in [0.4, 0.5) is 0 Å². The molecule has 0 aromatic carbocycles. The lowest BCUT2D eigenvalue weighted by Gasteiger charge is -2.11. The molecule has 3 rings (SSSR count). The Morgan fingerprint density at radius 2 is 2.28 bits per heavy atom. The highest BCUT2D eigenvalue weighted by molar-refractivity contribution is 5.25. The Hall–Kier alpha value is -1.00. The van der Waals surface area contributed by atoms with Crippen LogP contribution in [0.2, 0.25) is 0 Å². The number of rotatable bonds is 5. The molecule has 1 aliphatic heterocycles. The minimum Gasteiger partial charge on any atom is -0.378 e. The average molecular weight is 247 g/mol. The maximum Gasteiger partial charge on any atom is 0.131 e. The Balaban J connectivity index is 1.76. The molecule has 1 N–H and O–H groups in total. The van der Waals surface area contributed by atoms with Crippen LogP contribution in [0, 0.1) is 0 Å². The van der Waals surface area contributed by atoms with Gasteiger partial charge in [-0.2, -0.15) is 0 Å². The van der Waals surface area contributed by atoms with Crippen LogP contribution in [0.5, 0.6) is 0 Å². The zero-order valence-corrected chi connectivity index (χ0v) is 11.0. The number of aromatic nitrogens is 2. The monoisotopic (exact) mass is 247 g/mol. The molecule has 0 spiro atoms. The number of hydrogen-bond donors (Lipinski definition) is 1. The van der Waals surface area contributed by atoms with Crippen LogP contribution in [0.3, 0.4) is 0 Å². The second kappa shape index (κ2) is 5.33. The highest BCUT2D eigenvalue weighted by Crippen LogP contribution is 2.40. The molecule has 1 unspecified atom stereocenters. The Morgan fingerprint density at radius 1 is 1.39 bits per heavy atom. The first-order chi connectivity index (χ1) is 8.86. The lowest BCUT2D eigenvalue weighted by molar-refractivity contribution is 0.110. The van der Waals surface area contributed by atoms with E-state index < -0.39 is 0 Å². The predicted octanol–water partition coefficient (Wildman–Crippen LogP) is 1.79. The fourth-order valence-corrected chi connectivity index (χ4v) is 2.60. The second-order valence-corrected chi connectivity index (χ2v) is 5.34. The molecule has 1 aromatic heterocycles. The van der Waals surface area contributed by atoms with Crippen molar-refractivity contribution in [2.75, 3.05) is 13.7 Å². The smallest absolute Gasteiger partial charge is 0.131 e. The van der Waals surface area contributed by atoms with Crippen LogP contribution >= 0.6 is 0 Å². The summed E-state index contributed by atoms with van der Waals surface area (Å²) in [6.07, 6.45) is 8.12. The van der Waals surface area contributed by atoms with Crippen LogP contribution in [-0.2, 0) is 17.7 Å². The lowest BCUT2D eigenvalue weighted by atomic mass is 10.1. The van der Waals surface area contributed by atoms with Gasteiger partial charge in [-0.1, -0.05) is 0 Å². The molecule has 1 saturated heterocycles. The summed E-state index contributed by atoms with van der Waals surface area (Å²) < 4.78 is 5.66. The zero-order chi connectivity index (χ0) is 12.4. The molecule has 98 valence electrons. The molecule has 1 aromatic rings. The van der Waals surface area contributed by atoms with E-state index in [4.69, 9.17) is 9.72 Å². The van der Waals surface area contributed by atoms with Gasteiger partial charge in [0.1, 0.15) is 5.82 Å². The Morgan fingerprint density at radius 3 is 2.94 bits per heavy atom. The minimum absolute atomic E-state index is 0.340. The lowest BCUT2D eigenvalue weighted by Crippen LogP contribution is -2.15. The highest BCUT2D eigenvalue weighted by atomic mass is 16.5. The molecule has 0 bridgehead atoms. The van der Waals surface area contributed by atoms with Crippen LogP contribution < -0.4 is 5.32 Å². The maximum absolute atomic E-state index is 5.66. The first-order valence-corrected chi connectivity index (χ1v) is 6.97. The quantitative estimate of drug-likeness (QED) is 0.862. The number of nitrogens with one attached hydrogen (secondary N) is 1.